The van der Waals surface area contributed by atoms with Crippen LogP contribution in [-0.4, -0.2) is 25.9 Å². The third-order valence-corrected chi connectivity index (χ3v) is 3.75. The van der Waals surface area contributed by atoms with E-state index in [2.05, 4.69) is 16.9 Å². The third-order valence-electron chi connectivity index (χ3n) is 2.83. The van der Waals surface area contributed by atoms with E-state index in [9.17, 15) is 4.79 Å². The summed E-state index contributed by atoms with van der Waals surface area (Å²) in [5, 5.41) is 14.6. The van der Waals surface area contributed by atoms with Gasteiger partial charge in [-0.2, -0.15) is 5.10 Å². The van der Waals surface area contributed by atoms with Gasteiger partial charge in [-0.3, -0.25) is 4.79 Å². The average molecular weight is 285 g/mol. The molecule has 100 valence electrons. The van der Waals surface area contributed by atoms with Crippen molar-refractivity contribution in [2.75, 3.05) is 6.61 Å². The predicted molar refractivity (Wildman–Crippen MR) is 76.8 cm³/mol. The maximum atomic E-state index is 12.2. The van der Waals surface area contributed by atoms with Crippen LogP contribution in [0.15, 0.2) is 40.9 Å². The Morgan fingerprint density at radius 2 is 2.30 bits per heavy atom. The molecule has 5 nitrogen and oxygen atoms in total. The molecule has 0 fully saturated rings. The van der Waals surface area contributed by atoms with Crippen molar-refractivity contribution in [3.63, 3.8) is 0 Å². The molecule has 0 radical (unpaired) electrons. The third kappa shape index (κ3) is 2.37. The van der Waals surface area contributed by atoms with E-state index in [1.807, 2.05) is 11.4 Å². The summed E-state index contributed by atoms with van der Waals surface area (Å²) in [4.78, 5) is 13.3. The second kappa shape index (κ2) is 5.33. The molecule has 0 aliphatic heterocycles. The molecule has 6 heteroatoms. The van der Waals surface area contributed by atoms with Gasteiger partial charge in [-0.1, -0.05) is 11.8 Å². The molecule has 0 aliphatic rings. The number of hydrogen-bond acceptors (Lipinski definition) is 4. The lowest BCUT2D eigenvalue weighted by Crippen LogP contribution is -2.21. The number of nitrogens with zero attached hydrogens (tertiary/aromatic N) is 3. The molecule has 3 aromatic rings. The molecule has 0 aromatic carbocycles. The second-order valence-electron chi connectivity index (χ2n) is 4.15. The van der Waals surface area contributed by atoms with Crippen molar-refractivity contribution >= 4 is 16.9 Å². The Labute approximate surface area is 118 Å². The Hall–Kier alpha value is -2.36. The zero-order chi connectivity index (χ0) is 13.9. The second-order valence-corrected chi connectivity index (χ2v) is 5.15. The van der Waals surface area contributed by atoms with E-state index in [4.69, 9.17) is 5.11 Å². The van der Waals surface area contributed by atoms with Crippen LogP contribution in [0.4, 0.5) is 0 Å². The number of hydrogen-bond donors (Lipinski definition) is 1. The van der Waals surface area contributed by atoms with Crippen LogP contribution in [0.25, 0.3) is 5.52 Å². The minimum Gasteiger partial charge on any atom is -0.384 e. The molecular formula is C14H11N3O2S. The first-order valence-electron chi connectivity index (χ1n) is 5.98. The first kappa shape index (κ1) is 12.7. The van der Waals surface area contributed by atoms with Gasteiger partial charge in [0.1, 0.15) is 12.1 Å². The number of fused-ring (bicyclic) bond motifs is 1. The minimum atomic E-state index is -0.150. The average Bonchev–Trinajstić information content (AvgIpc) is 3.09. The van der Waals surface area contributed by atoms with Crippen LogP contribution in [-0.2, 0) is 6.54 Å². The van der Waals surface area contributed by atoms with Gasteiger partial charge >= 0.3 is 0 Å². The van der Waals surface area contributed by atoms with E-state index in [0.29, 0.717) is 12.1 Å². The fourth-order valence-electron chi connectivity index (χ4n) is 1.92. The fourth-order valence-corrected chi connectivity index (χ4v) is 2.74. The van der Waals surface area contributed by atoms with E-state index in [1.54, 1.807) is 45.1 Å². The summed E-state index contributed by atoms with van der Waals surface area (Å²) in [6.07, 6.45) is 5.09. The molecule has 0 unspecified atom stereocenters. The summed E-state index contributed by atoms with van der Waals surface area (Å²) in [5.74, 6) is 5.46. The standard InChI is InChI=1S/C14H11N3O2S/c18-7-1-2-11-8-12(20-10-11)9-16-5-6-17-13(14(16)19)3-4-15-17/h3-6,8,10,18H,7,9H2. The van der Waals surface area contributed by atoms with Crippen LogP contribution >= 0.6 is 11.3 Å². The van der Waals surface area contributed by atoms with Crippen LogP contribution in [0, 0.1) is 11.8 Å². The first-order valence-corrected chi connectivity index (χ1v) is 6.86. The van der Waals surface area contributed by atoms with Gasteiger partial charge in [-0.25, -0.2) is 4.52 Å². The highest BCUT2D eigenvalue weighted by Gasteiger charge is 2.05. The Bertz CT molecular complexity index is 864. The zero-order valence-corrected chi connectivity index (χ0v) is 11.3. The highest BCUT2D eigenvalue weighted by atomic mass is 32.1. The summed E-state index contributed by atoms with van der Waals surface area (Å²) in [5.41, 5.74) is 1.35. The van der Waals surface area contributed by atoms with Crippen molar-refractivity contribution in [3.05, 3.63) is 56.9 Å². The van der Waals surface area contributed by atoms with Crippen molar-refractivity contribution in [2.45, 2.75) is 6.54 Å². The first-order chi connectivity index (χ1) is 9.78. The van der Waals surface area contributed by atoms with Gasteiger partial charge in [0.25, 0.3) is 5.56 Å². The summed E-state index contributed by atoms with van der Waals surface area (Å²) < 4.78 is 3.21. The minimum absolute atomic E-state index is 0.0682. The summed E-state index contributed by atoms with van der Waals surface area (Å²) >= 11 is 1.54. The summed E-state index contributed by atoms with van der Waals surface area (Å²) in [6, 6.07) is 3.63. The lowest BCUT2D eigenvalue weighted by atomic mass is 10.3. The summed E-state index contributed by atoms with van der Waals surface area (Å²) in [7, 11) is 0. The number of rotatable bonds is 2. The van der Waals surface area contributed by atoms with E-state index in [-0.39, 0.29) is 12.2 Å². The van der Waals surface area contributed by atoms with Crippen LogP contribution < -0.4 is 5.56 Å². The molecule has 0 amide bonds. The Morgan fingerprint density at radius 3 is 3.15 bits per heavy atom. The molecule has 3 aromatic heterocycles. The number of thiophene rings is 1. The van der Waals surface area contributed by atoms with Crippen molar-refractivity contribution in [1.82, 2.24) is 14.2 Å². The molecule has 3 heterocycles. The molecule has 0 saturated heterocycles. The normalized spacial score (nSPS) is 10.4. The smallest absolute Gasteiger partial charge is 0.276 e. The molecular weight excluding hydrogens is 274 g/mol. The monoisotopic (exact) mass is 285 g/mol. The molecule has 20 heavy (non-hydrogen) atoms. The van der Waals surface area contributed by atoms with Gasteiger partial charge in [0, 0.05) is 28.2 Å². The van der Waals surface area contributed by atoms with Crippen LogP contribution in [0.5, 0.6) is 0 Å². The predicted octanol–water partition coefficient (Wildman–Crippen LogP) is 0.950. The Kier molecular flexibility index (Phi) is 3.37. The molecule has 3 rings (SSSR count). The van der Waals surface area contributed by atoms with Gasteiger partial charge in [-0.15, -0.1) is 11.3 Å². The molecule has 0 bridgehead atoms. The maximum absolute atomic E-state index is 12.2. The van der Waals surface area contributed by atoms with Crippen LogP contribution in [0.2, 0.25) is 0 Å². The molecule has 0 saturated carbocycles. The Morgan fingerprint density at radius 1 is 1.40 bits per heavy atom. The molecule has 1 N–H and O–H groups in total. The van der Waals surface area contributed by atoms with Gasteiger partial charge in [0.15, 0.2) is 0 Å². The van der Waals surface area contributed by atoms with E-state index >= 15 is 0 Å². The molecule has 0 spiro atoms. The SMILES string of the molecule is O=c1c2ccnn2ccn1Cc1cc(C#CCO)cs1. The van der Waals surface area contributed by atoms with E-state index in [1.165, 1.54) is 0 Å². The van der Waals surface area contributed by atoms with Gasteiger partial charge in [0.2, 0.25) is 0 Å². The number of aliphatic hydroxyl groups is 1. The number of aliphatic hydroxyl groups excluding tert-OH is 1. The van der Waals surface area contributed by atoms with Crippen LogP contribution in [0.3, 0.4) is 0 Å². The summed E-state index contributed by atoms with van der Waals surface area (Å²) in [6.45, 7) is 0.356. The lowest BCUT2D eigenvalue weighted by molar-refractivity contribution is 0.350. The highest BCUT2D eigenvalue weighted by molar-refractivity contribution is 7.10. The van der Waals surface area contributed by atoms with Gasteiger partial charge in [0.05, 0.1) is 12.7 Å². The topological polar surface area (TPSA) is 59.5 Å². The lowest BCUT2D eigenvalue weighted by Gasteiger charge is -2.03. The largest absolute Gasteiger partial charge is 0.384 e. The highest BCUT2D eigenvalue weighted by Crippen LogP contribution is 2.14. The van der Waals surface area contributed by atoms with Crippen molar-refractivity contribution in [1.29, 1.82) is 0 Å². The molecule has 0 atom stereocenters. The van der Waals surface area contributed by atoms with E-state index < -0.39 is 0 Å². The Balaban J connectivity index is 1.91. The zero-order valence-electron chi connectivity index (χ0n) is 10.5. The van der Waals surface area contributed by atoms with Crippen molar-refractivity contribution < 1.29 is 5.11 Å². The maximum Gasteiger partial charge on any atom is 0.276 e. The molecule has 0 aliphatic carbocycles. The van der Waals surface area contributed by atoms with Gasteiger partial charge < -0.3 is 9.67 Å². The van der Waals surface area contributed by atoms with Crippen LogP contribution in [0.1, 0.15) is 10.4 Å². The van der Waals surface area contributed by atoms with E-state index in [0.717, 1.165) is 10.4 Å². The fraction of sp³-hybridized carbons (Fsp3) is 0.143. The van der Waals surface area contributed by atoms with Crippen molar-refractivity contribution in [3.8, 4) is 11.8 Å². The van der Waals surface area contributed by atoms with Gasteiger partial charge in [-0.05, 0) is 12.1 Å². The van der Waals surface area contributed by atoms with Crippen molar-refractivity contribution in [2.24, 2.45) is 0 Å². The number of aromatic nitrogens is 3. The quantitative estimate of drug-likeness (QED) is 0.713.